The Balaban J connectivity index is 1.30. The Labute approximate surface area is 272 Å². The Morgan fingerprint density at radius 1 is 0.957 bits per heavy atom. The first-order chi connectivity index (χ1) is 22.5. The number of benzene rings is 3. The molecule has 1 unspecified atom stereocenters. The topological polar surface area (TPSA) is 83.5 Å². The number of anilines is 1. The number of carbonyl (C=O) groups is 2. The van der Waals surface area contributed by atoms with Gasteiger partial charge in [0.2, 0.25) is 0 Å². The van der Waals surface area contributed by atoms with Crippen LogP contribution in [0.3, 0.4) is 0 Å². The predicted molar refractivity (Wildman–Crippen MR) is 183 cm³/mol. The first kappa shape index (κ1) is 32.1. The third-order valence-corrected chi connectivity index (χ3v) is 9.70. The standard InChI is InChI=1S/C38H46N4O4/c1-4-35-32-9-7-6-8-31(32)34(38(44)40-35)24-39-37(43)33-22-29(23-36(26(33)3)42(5-2)30-14-18-45-19-15-30)28-12-10-27(11-13-28)25-41-16-20-46-21-17-41/h6-13,22-23,30,34H,4-5,14-21,24-25H2,1-3H3,(H,39,43). The van der Waals surface area contributed by atoms with E-state index in [9.17, 15) is 9.59 Å². The number of aliphatic imine (C=N–C) groups is 1. The summed E-state index contributed by atoms with van der Waals surface area (Å²) in [6.45, 7) is 13.1. The van der Waals surface area contributed by atoms with Gasteiger partial charge in [-0.2, -0.15) is 0 Å². The second-order valence-electron chi connectivity index (χ2n) is 12.5. The molecule has 242 valence electrons. The first-order valence-corrected chi connectivity index (χ1v) is 16.8. The van der Waals surface area contributed by atoms with Crippen LogP contribution in [0.4, 0.5) is 5.69 Å². The fourth-order valence-electron chi connectivity index (χ4n) is 7.07. The molecular weight excluding hydrogens is 576 g/mol. The van der Waals surface area contributed by atoms with Gasteiger partial charge in [0.25, 0.3) is 11.8 Å². The number of rotatable bonds is 10. The molecule has 0 bridgehead atoms. The van der Waals surface area contributed by atoms with Crippen LogP contribution in [0.5, 0.6) is 0 Å². The van der Waals surface area contributed by atoms with E-state index in [4.69, 9.17) is 9.47 Å². The molecule has 0 aromatic heterocycles. The normalized spacial score (nSPS) is 19.0. The molecular formula is C38H46N4O4. The van der Waals surface area contributed by atoms with E-state index in [1.165, 1.54) is 5.56 Å². The average Bonchev–Trinajstić information content (AvgIpc) is 3.09. The highest BCUT2D eigenvalue weighted by molar-refractivity contribution is 6.12. The largest absolute Gasteiger partial charge is 0.381 e. The summed E-state index contributed by atoms with van der Waals surface area (Å²) in [4.78, 5) is 36.4. The van der Waals surface area contributed by atoms with Crippen molar-refractivity contribution in [3.8, 4) is 11.1 Å². The summed E-state index contributed by atoms with van der Waals surface area (Å²) < 4.78 is 11.2. The van der Waals surface area contributed by atoms with Gasteiger partial charge in [0.15, 0.2) is 0 Å². The number of carbonyl (C=O) groups excluding carboxylic acids is 2. The molecule has 3 heterocycles. The summed E-state index contributed by atoms with van der Waals surface area (Å²) in [7, 11) is 0. The predicted octanol–water partition coefficient (Wildman–Crippen LogP) is 5.75. The van der Waals surface area contributed by atoms with Gasteiger partial charge >= 0.3 is 0 Å². The van der Waals surface area contributed by atoms with E-state index in [0.717, 1.165) is 105 Å². The van der Waals surface area contributed by atoms with Gasteiger partial charge < -0.3 is 19.7 Å². The van der Waals surface area contributed by atoms with Crippen molar-refractivity contribution in [3.63, 3.8) is 0 Å². The maximum absolute atomic E-state index is 14.0. The number of amides is 2. The summed E-state index contributed by atoms with van der Waals surface area (Å²) in [6, 6.07) is 21.2. The Hall–Kier alpha value is -3.85. The van der Waals surface area contributed by atoms with Crippen LogP contribution in [0.1, 0.15) is 71.6 Å². The minimum atomic E-state index is -0.508. The lowest BCUT2D eigenvalue weighted by Gasteiger charge is -2.37. The fraction of sp³-hybridized carbons (Fsp3) is 0.447. The fourth-order valence-corrected chi connectivity index (χ4v) is 7.07. The molecule has 2 amide bonds. The lowest BCUT2D eigenvalue weighted by atomic mass is 9.87. The van der Waals surface area contributed by atoms with Crippen LogP contribution in [-0.2, 0) is 20.8 Å². The van der Waals surface area contributed by atoms with Crippen LogP contribution in [0.2, 0.25) is 0 Å². The van der Waals surface area contributed by atoms with E-state index in [1.54, 1.807) is 0 Å². The van der Waals surface area contributed by atoms with Gasteiger partial charge in [-0.05, 0) is 73.1 Å². The van der Waals surface area contributed by atoms with Crippen LogP contribution in [0, 0.1) is 6.92 Å². The zero-order valence-corrected chi connectivity index (χ0v) is 27.4. The number of hydrogen-bond acceptors (Lipinski definition) is 6. The SMILES string of the molecule is CCC1=NC(=O)C(CNC(=O)c2cc(-c3ccc(CN4CCOCC4)cc3)cc(N(CC)C3CCOCC3)c2C)c2ccccc21. The first-order valence-electron chi connectivity index (χ1n) is 16.8. The third-order valence-electron chi connectivity index (χ3n) is 9.70. The van der Waals surface area contributed by atoms with Gasteiger partial charge in [-0.3, -0.25) is 14.5 Å². The smallest absolute Gasteiger partial charge is 0.255 e. The molecule has 1 atom stereocenters. The van der Waals surface area contributed by atoms with Crippen molar-refractivity contribution < 1.29 is 19.1 Å². The number of hydrogen-bond donors (Lipinski definition) is 1. The number of morpholine rings is 1. The summed E-state index contributed by atoms with van der Waals surface area (Å²) in [6.07, 6.45) is 2.60. The van der Waals surface area contributed by atoms with Gasteiger partial charge in [0.1, 0.15) is 0 Å². The second kappa shape index (κ2) is 14.7. The van der Waals surface area contributed by atoms with Gasteiger partial charge in [0, 0.05) is 68.8 Å². The Morgan fingerprint density at radius 2 is 1.67 bits per heavy atom. The highest BCUT2D eigenvalue weighted by Crippen LogP contribution is 2.34. The van der Waals surface area contributed by atoms with Crippen molar-refractivity contribution in [2.75, 3.05) is 57.5 Å². The maximum atomic E-state index is 14.0. The molecule has 3 aliphatic rings. The zero-order valence-electron chi connectivity index (χ0n) is 27.4. The summed E-state index contributed by atoms with van der Waals surface area (Å²) in [5.41, 5.74) is 8.72. The van der Waals surface area contributed by atoms with Crippen molar-refractivity contribution in [1.29, 1.82) is 0 Å². The number of nitrogens with zero attached hydrogens (tertiary/aromatic N) is 3. The molecule has 0 spiro atoms. The summed E-state index contributed by atoms with van der Waals surface area (Å²) >= 11 is 0. The molecule has 1 N–H and O–H groups in total. The van der Waals surface area contributed by atoms with Gasteiger partial charge in [-0.1, -0.05) is 55.5 Å². The quantitative estimate of drug-likeness (QED) is 0.310. The van der Waals surface area contributed by atoms with E-state index in [2.05, 4.69) is 57.4 Å². The minimum Gasteiger partial charge on any atom is -0.381 e. The summed E-state index contributed by atoms with van der Waals surface area (Å²) in [5, 5.41) is 3.13. The molecule has 8 nitrogen and oxygen atoms in total. The molecule has 2 fully saturated rings. The molecule has 0 radical (unpaired) electrons. The molecule has 2 saturated heterocycles. The number of ether oxygens (including phenoxy) is 2. The molecule has 0 aliphatic carbocycles. The maximum Gasteiger partial charge on any atom is 0.255 e. The van der Waals surface area contributed by atoms with E-state index < -0.39 is 5.92 Å². The molecule has 0 saturated carbocycles. The van der Waals surface area contributed by atoms with E-state index in [1.807, 2.05) is 44.2 Å². The van der Waals surface area contributed by atoms with Crippen LogP contribution in [-0.4, -0.2) is 81.1 Å². The van der Waals surface area contributed by atoms with E-state index >= 15 is 0 Å². The Bertz CT molecular complexity index is 1570. The van der Waals surface area contributed by atoms with Gasteiger partial charge in [-0.25, -0.2) is 4.99 Å². The van der Waals surface area contributed by atoms with Crippen LogP contribution >= 0.6 is 0 Å². The number of fused-ring (bicyclic) bond motifs is 1. The highest BCUT2D eigenvalue weighted by atomic mass is 16.5. The van der Waals surface area contributed by atoms with Crippen molar-refractivity contribution in [2.45, 2.75) is 58.5 Å². The molecule has 6 rings (SSSR count). The summed E-state index contributed by atoms with van der Waals surface area (Å²) in [5.74, 6) is -0.884. The lowest BCUT2D eigenvalue weighted by molar-refractivity contribution is -0.119. The molecule has 3 aliphatic heterocycles. The van der Waals surface area contributed by atoms with Gasteiger partial charge in [-0.15, -0.1) is 0 Å². The Morgan fingerprint density at radius 3 is 2.39 bits per heavy atom. The molecule has 3 aromatic carbocycles. The van der Waals surface area contributed by atoms with E-state index in [-0.39, 0.29) is 18.4 Å². The third kappa shape index (κ3) is 6.94. The van der Waals surface area contributed by atoms with Crippen molar-refractivity contribution in [1.82, 2.24) is 10.2 Å². The monoisotopic (exact) mass is 622 g/mol. The second-order valence-corrected chi connectivity index (χ2v) is 12.5. The van der Waals surface area contributed by atoms with Crippen LogP contribution < -0.4 is 10.2 Å². The van der Waals surface area contributed by atoms with Crippen molar-refractivity contribution >= 4 is 23.2 Å². The lowest BCUT2D eigenvalue weighted by Crippen LogP contribution is -2.40. The van der Waals surface area contributed by atoms with Crippen molar-refractivity contribution in [3.05, 3.63) is 88.5 Å². The molecule has 8 heteroatoms. The van der Waals surface area contributed by atoms with Crippen LogP contribution in [0.15, 0.2) is 65.7 Å². The average molecular weight is 623 g/mol. The number of nitrogens with one attached hydrogen (secondary N) is 1. The van der Waals surface area contributed by atoms with Crippen molar-refractivity contribution in [2.24, 2.45) is 4.99 Å². The van der Waals surface area contributed by atoms with Gasteiger partial charge in [0.05, 0.1) is 24.8 Å². The van der Waals surface area contributed by atoms with E-state index in [0.29, 0.717) is 18.0 Å². The minimum absolute atomic E-state index is 0.178. The zero-order chi connectivity index (χ0) is 32.0. The van der Waals surface area contributed by atoms with Crippen LogP contribution in [0.25, 0.3) is 11.1 Å². The molecule has 46 heavy (non-hydrogen) atoms. The molecule has 3 aromatic rings. The Kier molecular flexibility index (Phi) is 10.3. The highest BCUT2D eigenvalue weighted by Gasteiger charge is 2.30.